The number of carbonyl (C=O) groups excluding carboxylic acids is 1. The lowest BCUT2D eigenvalue weighted by molar-refractivity contribution is 0.0817. The molecule has 1 aromatic heterocycles. The van der Waals surface area contributed by atoms with E-state index in [0.29, 0.717) is 40.6 Å². The minimum absolute atomic E-state index is 0.00551. The van der Waals surface area contributed by atoms with Crippen LogP contribution in [0.25, 0.3) is 0 Å². The highest BCUT2D eigenvalue weighted by Crippen LogP contribution is 2.38. The van der Waals surface area contributed by atoms with Gasteiger partial charge in [0.1, 0.15) is 5.02 Å². The SMILES string of the molecule is CC(C)N1CCN(c2ccc(Nc3nc(Nc4ccc(N5CCOCC5)cc4)ncc3Cl)c3c2CN(C)C3=O)CC1. The van der Waals surface area contributed by atoms with Crippen LogP contribution in [0.5, 0.6) is 0 Å². The van der Waals surface area contributed by atoms with Gasteiger partial charge in [-0.25, -0.2) is 4.98 Å². The Morgan fingerprint density at radius 1 is 0.927 bits per heavy atom. The first kappa shape index (κ1) is 27.6. The average Bonchev–Trinajstić information content (AvgIpc) is 3.30. The lowest BCUT2D eigenvalue weighted by Crippen LogP contribution is -2.49. The van der Waals surface area contributed by atoms with Crippen molar-refractivity contribution in [2.75, 3.05) is 80.0 Å². The predicted octanol–water partition coefficient (Wildman–Crippen LogP) is 4.57. The van der Waals surface area contributed by atoms with E-state index < -0.39 is 0 Å². The molecule has 216 valence electrons. The average molecular weight is 577 g/mol. The second-order valence-corrected chi connectivity index (χ2v) is 11.5. The summed E-state index contributed by atoms with van der Waals surface area (Å²) in [7, 11) is 1.84. The van der Waals surface area contributed by atoms with Crippen LogP contribution in [0.2, 0.25) is 5.02 Å². The van der Waals surface area contributed by atoms with Gasteiger partial charge >= 0.3 is 0 Å². The first-order chi connectivity index (χ1) is 19.9. The Kier molecular flexibility index (Phi) is 7.88. The maximum absolute atomic E-state index is 13.3. The number of anilines is 6. The van der Waals surface area contributed by atoms with E-state index in [-0.39, 0.29) is 5.91 Å². The van der Waals surface area contributed by atoms with Crippen LogP contribution in [-0.4, -0.2) is 91.2 Å². The van der Waals surface area contributed by atoms with E-state index in [4.69, 9.17) is 16.3 Å². The van der Waals surface area contributed by atoms with Gasteiger partial charge in [0.05, 0.1) is 30.7 Å². The molecule has 2 aromatic carbocycles. The Bertz CT molecular complexity index is 1400. The highest BCUT2D eigenvalue weighted by atomic mass is 35.5. The number of carbonyl (C=O) groups is 1. The van der Waals surface area contributed by atoms with Crippen molar-refractivity contribution >= 4 is 52.0 Å². The molecule has 10 nitrogen and oxygen atoms in total. The molecule has 0 saturated carbocycles. The van der Waals surface area contributed by atoms with Gasteiger partial charge in [0.2, 0.25) is 5.95 Å². The molecule has 41 heavy (non-hydrogen) atoms. The zero-order chi connectivity index (χ0) is 28.5. The number of halogens is 1. The summed E-state index contributed by atoms with van der Waals surface area (Å²) in [6, 6.07) is 12.8. The van der Waals surface area contributed by atoms with Crippen LogP contribution < -0.4 is 20.4 Å². The zero-order valence-corrected chi connectivity index (χ0v) is 24.6. The van der Waals surface area contributed by atoms with E-state index in [1.807, 2.05) is 25.2 Å². The van der Waals surface area contributed by atoms with E-state index in [1.165, 1.54) is 0 Å². The standard InChI is InChI=1S/C30H37ClN8O2/c1-20(2)37-10-12-39(13-11-37)26-9-8-25(27-23(26)19-36(3)29(27)40)34-28-24(31)18-32-30(35-28)33-21-4-6-22(7-5-21)38-14-16-41-17-15-38/h4-9,18,20H,10-17,19H2,1-3H3,(H2,32,33,34,35). The minimum atomic E-state index is -0.00551. The van der Waals surface area contributed by atoms with Gasteiger partial charge in [-0.2, -0.15) is 4.98 Å². The number of nitrogens with zero attached hydrogens (tertiary/aromatic N) is 6. The third-order valence-electron chi connectivity index (χ3n) is 8.13. The van der Waals surface area contributed by atoms with Crippen LogP contribution in [0.4, 0.5) is 34.5 Å². The Hall–Kier alpha value is -3.60. The molecule has 3 aliphatic heterocycles. The van der Waals surface area contributed by atoms with Crippen molar-refractivity contribution in [2.45, 2.75) is 26.4 Å². The van der Waals surface area contributed by atoms with Gasteiger partial charge in [0.15, 0.2) is 5.82 Å². The monoisotopic (exact) mass is 576 g/mol. The van der Waals surface area contributed by atoms with Crippen molar-refractivity contribution in [1.29, 1.82) is 0 Å². The van der Waals surface area contributed by atoms with Gasteiger partial charge in [0, 0.05) is 81.5 Å². The molecule has 0 radical (unpaired) electrons. The molecule has 11 heteroatoms. The summed E-state index contributed by atoms with van der Waals surface area (Å²) in [5.74, 6) is 0.849. The maximum atomic E-state index is 13.3. The molecule has 3 aromatic rings. The highest BCUT2D eigenvalue weighted by molar-refractivity contribution is 6.33. The molecule has 0 bridgehead atoms. The first-order valence-corrected chi connectivity index (χ1v) is 14.6. The number of hydrogen-bond donors (Lipinski definition) is 2. The molecule has 0 atom stereocenters. The number of rotatable bonds is 7. The van der Waals surface area contributed by atoms with Gasteiger partial charge in [-0.05, 0) is 50.2 Å². The fraction of sp³-hybridized carbons (Fsp3) is 0.433. The number of hydrogen-bond acceptors (Lipinski definition) is 9. The topological polar surface area (TPSA) is 89.1 Å². The molecular weight excluding hydrogens is 540 g/mol. The molecule has 2 N–H and O–H groups in total. The van der Waals surface area contributed by atoms with Crippen molar-refractivity contribution in [3.05, 3.63) is 58.7 Å². The van der Waals surface area contributed by atoms with Crippen molar-refractivity contribution in [2.24, 2.45) is 0 Å². The van der Waals surface area contributed by atoms with Gasteiger partial charge in [-0.3, -0.25) is 9.69 Å². The normalized spacial score (nSPS) is 17.8. The number of piperazine rings is 1. The molecule has 3 aliphatic rings. The number of amides is 1. The summed E-state index contributed by atoms with van der Waals surface area (Å²) in [4.78, 5) is 31.3. The van der Waals surface area contributed by atoms with Gasteiger partial charge in [-0.1, -0.05) is 11.6 Å². The van der Waals surface area contributed by atoms with E-state index in [2.05, 4.69) is 67.3 Å². The molecule has 0 aliphatic carbocycles. The lowest BCUT2D eigenvalue weighted by atomic mass is 10.0. The van der Waals surface area contributed by atoms with Crippen LogP contribution in [-0.2, 0) is 11.3 Å². The molecule has 2 saturated heterocycles. The summed E-state index contributed by atoms with van der Waals surface area (Å²) in [6.07, 6.45) is 1.57. The summed E-state index contributed by atoms with van der Waals surface area (Å²) < 4.78 is 5.46. The van der Waals surface area contributed by atoms with Crippen LogP contribution >= 0.6 is 11.6 Å². The summed E-state index contributed by atoms with van der Waals surface area (Å²) in [5, 5.41) is 6.98. The van der Waals surface area contributed by atoms with Crippen molar-refractivity contribution in [3.63, 3.8) is 0 Å². The second kappa shape index (κ2) is 11.7. The number of fused-ring (bicyclic) bond motifs is 1. The van der Waals surface area contributed by atoms with Crippen LogP contribution in [0.3, 0.4) is 0 Å². The van der Waals surface area contributed by atoms with Crippen LogP contribution in [0, 0.1) is 0 Å². The van der Waals surface area contributed by atoms with Gasteiger partial charge in [0.25, 0.3) is 5.91 Å². The van der Waals surface area contributed by atoms with E-state index in [9.17, 15) is 4.79 Å². The first-order valence-electron chi connectivity index (χ1n) is 14.3. The Balaban J connectivity index is 1.21. The van der Waals surface area contributed by atoms with Gasteiger partial charge in [-0.15, -0.1) is 0 Å². The summed E-state index contributed by atoms with van der Waals surface area (Å²) in [5.41, 5.74) is 5.58. The van der Waals surface area contributed by atoms with Crippen LogP contribution in [0.1, 0.15) is 29.8 Å². The van der Waals surface area contributed by atoms with Gasteiger partial charge < -0.3 is 30.1 Å². The molecule has 0 spiro atoms. The summed E-state index contributed by atoms with van der Waals surface area (Å²) >= 11 is 6.52. The zero-order valence-electron chi connectivity index (χ0n) is 23.9. The molecule has 6 rings (SSSR count). The van der Waals surface area contributed by atoms with Crippen molar-refractivity contribution in [3.8, 4) is 0 Å². The van der Waals surface area contributed by atoms with Crippen LogP contribution in [0.15, 0.2) is 42.6 Å². The Labute approximate surface area is 246 Å². The number of nitrogens with one attached hydrogen (secondary N) is 2. The predicted molar refractivity (Wildman–Crippen MR) is 164 cm³/mol. The number of morpholine rings is 1. The maximum Gasteiger partial charge on any atom is 0.256 e. The van der Waals surface area contributed by atoms with Crippen molar-refractivity contribution in [1.82, 2.24) is 19.8 Å². The minimum Gasteiger partial charge on any atom is -0.378 e. The van der Waals surface area contributed by atoms with E-state index >= 15 is 0 Å². The van der Waals surface area contributed by atoms with E-state index in [1.54, 1.807) is 11.1 Å². The molecule has 0 unspecified atom stereocenters. The fourth-order valence-electron chi connectivity index (χ4n) is 5.77. The number of ether oxygens (including phenoxy) is 1. The molecule has 4 heterocycles. The van der Waals surface area contributed by atoms with Crippen molar-refractivity contribution < 1.29 is 9.53 Å². The third-order valence-corrected chi connectivity index (χ3v) is 8.40. The largest absolute Gasteiger partial charge is 0.378 e. The highest BCUT2D eigenvalue weighted by Gasteiger charge is 2.32. The lowest BCUT2D eigenvalue weighted by Gasteiger charge is -2.38. The smallest absolute Gasteiger partial charge is 0.256 e. The third kappa shape index (κ3) is 5.77. The van der Waals surface area contributed by atoms with E-state index in [0.717, 1.165) is 75.1 Å². The number of benzene rings is 2. The molecule has 2 fully saturated rings. The molecule has 1 amide bonds. The fourth-order valence-corrected chi connectivity index (χ4v) is 5.91. The molecular formula is C30H37ClN8O2. The quantitative estimate of drug-likeness (QED) is 0.420. The summed E-state index contributed by atoms with van der Waals surface area (Å²) in [6.45, 7) is 12.2. The second-order valence-electron chi connectivity index (χ2n) is 11.1. The Morgan fingerprint density at radius 2 is 1.66 bits per heavy atom. The number of aromatic nitrogens is 2. The Morgan fingerprint density at radius 3 is 2.37 bits per heavy atom.